The van der Waals surface area contributed by atoms with E-state index in [9.17, 15) is 14.4 Å². The lowest BCUT2D eigenvalue weighted by atomic mass is 9.81. The average Bonchev–Trinajstić information content (AvgIpc) is 2.77. The summed E-state index contributed by atoms with van der Waals surface area (Å²) in [6.07, 6.45) is 1.17. The molecule has 4 rings (SSSR count). The van der Waals surface area contributed by atoms with Crippen molar-refractivity contribution < 1.29 is 23.9 Å². The number of likely N-dealkylation sites (tertiary alicyclic amines) is 1. The number of carbonyl (C=O) groups excluding carboxylic acids is 3. The van der Waals surface area contributed by atoms with Crippen molar-refractivity contribution in [3.63, 3.8) is 0 Å². The lowest BCUT2D eigenvalue weighted by Crippen LogP contribution is -2.56. The van der Waals surface area contributed by atoms with Gasteiger partial charge in [0, 0.05) is 32.4 Å². The van der Waals surface area contributed by atoms with Crippen molar-refractivity contribution in [2.75, 3.05) is 13.1 Å². The van der Waals surface area contributed by atoms with Gasteiger partial charge in [-0.3, -0.25) is 9.59 Å². The van der Waals surface area contributed by atoms with Crippen molar-refractivity contribution in [2.24, 2.45) is 0 Å². The standard InChI is InChI=1S/C29H36N2O5/c1-19-15-20(2)25-23(32)18-29(35-24(25)16-19)11-13-31(14-12-29)26(33)22(17-21-9-7-6-8-10-21)30-27(34)36-28(3,4)5/h6-10,15-16,22H,11-14,17-18H2,1-5H3,(H,30,34). The van der Waals surface area contributed by atoms with Crippen LogP contribution in [0, 0.1) is 13.8 Å². The molecule has 1 unspecified atom stereocenters. The molecule has 1 N–H and O–H groups in total. The summed E-state index contributed by atoms with van der Waals surface area (Å²) in [5, 5.41) is 2.78. The maximum Gasteiger partial charge on any atom is 0.408 e. The van der Waals surface area contributed by atoms with E-state index in [4.69, 9.17) is 9.47 Å². The zero-order valence-corrected chi connectivity index (χ0v) is 21.8. The van der Waals surface area contributed by atoms with Gasteiger partial charge in [-0.2, -0.15) is 0 Å². The van der Waals surface area contributed by atoms with Crippen molar-refractivity contribution in [1.29, 1.82) is 0 Å². The fraction of sp³-hybridized carbons (Fsp3) is 0.483. The Morgan fingerprint density at radius 1 is 1.11 bits per heavy atom. The van der Waals surface area contributed by atoms with Crippen LogP contribution in [-0.4, -0.2) is 53.0 Å². The summed E-state index contributed by atoms with van der Waals surface area (Å²) in [5.74, 6) is 0.591. The number of nitrogens with one attached hydrogen (secondary N) is 1. The predicted molar refractivity (Wildman–Crippen MR) is 137 cm³/mol. The van der Waals surface area contributed by atoms with Gasteiger partial charge in [0.05, 0.1) is 12.0 Å². The monoisotopic (exact) mass is 492 g/mol. The Kier molecular flexibility index (Phi) is 7.12. The zero-order valence-electron chi connectivity index (χ0n) is 21.8. The van der Waals surface area contributed by atoms with Crippen LogP contribution in [0.1, 0.15) is 67.1 Å². The van der Waals surface area contributed by atoms with Crippen LogP contribution >= 0.6 is 0 Å². The molecule has 192 valence electrons. The van der Waals surface area contributed by atoms with Gasteiger partial charge in [0.15, 0.2) is 5.78 Å². The SMILES string of the molecule is Cc1cc(C)c2c(c1)OC1(CCN(C(=O)C(Cc3ccccc3)NC(=O)OC(C)(C)C)CC1)CC2=O. The first kappa shape index (κ1) is 25.7. The second-order valence-corrected chi connectivity index (χ2v) is 11.1. The highest BCUT2D eigenvalue weighted by Crippen LogP contribution is 2.41. The molecule has 2 aliphatic rings. The number of ketones is 1. The molecule has 1 spiro atoms. The summed E-state index contributed by atoms with van der Waals surface area (Å²) in [6, 6.07) is 12.8. The number of rotatable bonds is 4. The topological polar surface area (TPSA) is 84.9 Å². The Labute approximate surface area is 213 Å². The van der Waals surface area contributed by atoms with Crippen LogP contribution in [-0.2, 0) is 16.0 Å². The summed E-state index contributed by atoms with van der Waals surface area (Å²) < 4.78 is 11.9. The Morgan fingerprint density at radius 2 is 1.78 bits per heavy atom. The Bertz CT molecular complexity index is 1140. The average molecular weight is 493 g/mol. The Hall–Kier alpha value is -3.35. The number of hydrogen-bond donors (Lipinski definition) is 1. The minimum absolute atomic E-state index is 0.0991. The van der Waals surface area contributed by atoms with Crippen LogP contribution in [0.4, 0.5) is 4.79 Å². The minimum atomic E-state index is -0.753. The fourth-order valence-electron chi connectivity index (χ4n) is 5.15. The molecular formula is C29H36N2O5. The van der Waals surface area contributed by atoms with E-state index in [1.54, 1.807) is 25.7 Å². The molecule has 2 aliphatic heterocycles. The number of fused-ring (bicyclic) bond motifs is 1. The number of hydrogen-bond acceptors (Lipinski definition) is 5. The molecule has 0 radical (unpaired) electrons. The van der Waals surface area contributed by atoms with Gasteiger partial charge in [-0.25, -0.2) is 4.79 Å². The highest BCUT2D eigenvalue weighted by molar-refractivity contribution is 6.01. The molecule has 0 saturated carbocycles. The molecule has 1 atom stereocenters. The third kappa shape index (κ3) is 5.89. The van der Waals surface area contributed by atoms with Crippen molar-refractivity contribution in [2.45, 2.75) is 77.5 Å². The van der Waals surface area contributed by atoms with Crippen LogP contribution in [0.2, 0.25) is 0 Å². The molecule has 7 nitrogen and oxygen atoms in total. The first-order chi connectivity index (χ1) is 16.9. The third-order valence-corrected chi connectivity index (χ3v) is 6.79. The van der Waals surface area contributed by atoms with E-state index in [-0.39, 0.29) is 11.7 Å². The Morgan fingerprint density at radius 3 is 2.42 bits per heavy atom. The highest BCUT2D eigenvalue weighted by atomic mass is 16.6. The van der Waals surface area contributed by atoms with E-state index >= 15 is 0 Å². The van der Waals surface area contributed by atoms with E-state index in [1.165, 1.54) is 0 Å². The maximum absolute atomic E-state index is 13.6. The molecule has 1 fully saturated rings. The summed E-state index contributed by atoms with van der Waals surface area (Å²) in [4.78, 5) is 40.9. The number of alkyl carbamates (subject to hydrolysis) is 1. The van der Waals surface area contributed by atoms with E-state index < -0.39 is 23.3 Å². The van der Waals surface area contributed by atoms with Gasteiger partial charge in [-0.1, -0.05) is 36.4 Å². The first-order valence-electron chi connectivity index (χ1n) is 12.6. The second-order valence-electron chi connectivity index (χ2n) is 11.1. The number of carbonyl (C=O) groups is 3. The highest BCUT2D eigenvalue weighted by Gasteiger charge is 2.45. The van der Waals surface area contributed by atoms with Crippen LogP contribution < -0.4 is 10.1 Å². The summed E-state index contributed by atoms with van der Waals surface area (Å²) in [6.45, 7) is 10.2. The van der Waals surface area contributed by atoms with Crippen LogP contribution in [0.3, 0.4) is 0 Å². The minimum Gasteiger partial charge on any atom is -0.486 e. The second kappa shape index (κ2) is 9.96. The molecule has 1 saturated heterocycles. The van der Waals surface area contributed by atoms with Crippen LogP contribution in [0.15, 0.2) is 42.5 Å². The zero-order chi connectivity index (χ0) is 26.1. The smallest absolute Gasteiger partial charge is 0.408 e. The number of ether oxygens (including phenoxy) is 2. The molecule has 0 bridgehead atoms. The molecule has 2 amide bonds. The molecule has 2 heterocycles. The number of Topliss-reactive ketones (excluding diaryl/α,β-unsaturated/α-hetero) is 1. The molecule has 36 heavy (non-hydrogen) atoms. The van der Waals surface area contributed by atoms with E-state index in [2.05, 4.69) is 5.32 Å². The number of aryl methyl sites for hydroxylation is 2. The molecular weight excluding hydrogens is 456 g/mol. The quantitative estimate of drug-likeness (QED) is 0.665. The summed E-state index contributed by atoms with van der Waals surface area (Å²) in [5.41, 5.74) is 2.35. The third-order valence-electron chi connectivity index (χ3n) is 6.79. The first-order valence-corrected chi connectivity index (χ1v) is 12.6. The van der Waals surface area contributed by atoms with E-state index in [0.29, 0.717) is 50.1 Å². The summed E-state index contributed by atoms with van der Waals surface area (Å²) in [7, 11) is 0. The van der Waals surface area contributed by atoms with Crippen molar-refractivity contribution in [1.82, 2.24) is 10.2 Å². The fourth-order valence-corrected chi connectivity index (χ4v) is 5.15. The van der Waals surface area contributed by atoms with Gasteiger partial charge >= 0.3 is 6.09 Å². The van der Waals surface area contributed by atoms with Gasteiger partial charge in [0.25, 0.3) is 0 Å². The predicted octanol–water partition coefficient (Wildman–Crippen LogP) is 4.77. The van der Waals surface area contributed by atoms with Crippen molar-refractivity contribution in [3.05, 3.63) is 64.7 Å². The van der Waals surface area contributed by atoms with E-state index in [1.807, 2.05) is 56.3 Å². The van der Waals surface area contributed by atoms with Gasteiger partial charge in [0.2, 0.25) is 5.91 Å². The number of amides is 2. The van der Waals surface area contributed by atoms with Crippen molar-refractivity contribution >= 4 is 17.8 Å². The largest absolute Gasteiger partial charge is 0.486 e. The number of benzene rings is 2. The lowest BCUT2D eigenvalue weighted by molar-refractivity contribution is -0.137. The molecule has 0 aliphatic carbocycles. The maximum atomic E-state index is 13.6. The Balaban J connectivity index is 1.47. The van der Waals surface area contributed by atoms with Crippen LogP contribution in [0.5, 0.6) is 5.75 Å². The van der Waals surface area contributed by atoms with Crippen LogP contribution in [0.25, 0.3) is 0 Å². The molecule has 7 heteroatoms. The van der Waals surface area contributed by atoms with Gasteiger partial charge in [-0.05, 0) is 57.4 Å². The van der Waals surface area contributed by atoms with Gasteiger partial charge in [-0.15, -0.1) is 0 Å². The molecule has 0 aromatic heterocycles. The number of nitrogens with zero attached hydrogens (tertiary/aromatic N) is 1. The molecule has 2 aromatic carbocycles. The van der Waals surface area contributed by atoms with Gasteiger partial charge < -0.3 is 19.7 Å². The van der Waals surface area contributed by atoms with E-state index in [0.717, 1.165) is 16.7 Å². The molecule has 2 aromatic rings. The lowest BCUT2D eigenvalue weighted by Gasteiger charge is -2.44. The normalized spacial score (nSPS) is 17.7. The van der Waals surface area contributed by atoms with Gasteiger partial charge in [0.1, 0.15) is 23.0 Å². The van der Waals surface area contributed by atoms with Crippen molar-refractivity contribution in [3.8, 4) is 5.75 Å². The number of piperidine rings is 1. The summed E-state index contributed by atoms with van der Waals surface area (Å²) >= 11 is 0.